The van der Waals surface area contributed by atoms with Gasteiger partial charge in [0.15, 0.2) is 35.7 Å². The summed E-state index contributed by atoms with van der Waals surface area (Å²) in [7, 11) is 1.37. The molecule has 44 heavy (non-hydrogen) atoms. The highest BCUT2D eigenvalue weighted by Crippen LogP contribution is 2.60. The number of nitrogen functional groups attached to an aromatic ring is 1. The highest BCUT2D eigenvalue weighted by Gasteiger charge is 2.55. The van der Waals surface area contributed by atoms with Crippen LogP contribution in [0.1, 0.15) is 12.5 Å². The molecule has 3 fully saturated rings. The Hall–Kier alpha value is -2.43. The third-order valence-electron chi connectivity index (χ3n) is 7.21. The molecule has 0 aliphatic carbocycles. The highest BCUT2D eigenvalue weighted by atomic mass is 32.7. The van der Waals surface area contributed by atoms with Crippen molar-refractivity contribution in [2.45, 2.75) is 49.3 Å². The Morgan fingerprint density at radius 2 is 1.89 bits per heavy atom. The lowest BCUT2D eigenvalue weighted by Gasteiger charge is -2.29. The van der Waals surface area contributed by atoms with Crippen LogP contribution in [0, 0.1) is 0 Å². The number of aromatic amines is 1. The third kappa shape index (κ3) is 5.18. The minimum atomic E-state index is -4.40. The van der Waals surface area contributed by atoms with Crippen molar-refractivity contribution in [3.05, 3.63) is 35.5 Å². The molecule has 7 heterocycles. The van der Waals surface area contributed by atoms with E-state index in [9.17, 15) is 19.4 Å². The molecule has 4 aromatic rings. The molecule has 7 rings (SSSR count). The highest BCUT2D eigenvalue weighted by molar-refractivity contribution is 8.44. The van der Waals surface area contributed by atoms with Gasteiger partial charge in [0.2, 0.25) is 0 Å². The normalized spacial score (nSPS) is 38.0. The number of H-pyrrole nitrogens is 1. The maximum Gasteiger partial charge on any atom is 0.388 e. The molecule has 20 nitrogen and oxygen atoms in total. The van der Waals surface area contributed by atoms with E-state index in [1.165, 1.54) is 41.4 Å². The van der Waals surface area contributed by atoms with Crippen LogP contribution in [0.4, 0.5) is 5.82 Å². The van der Waals surface area contributed by atoms with E-state index >= 15 is 0 Å². The topological polar surface area (TPSA) is 255 Å². The van der Waals surface area contributed by atoms with Crippen LogP contribution in [0.2, 0.25) is 0 Å². The fourth-order valence-electron chi connectivity index (χ4n) is 5.29. The number of thiol groups is 1. The van der Waals surface area contributed by atoms with E-state index in [0.717, 1.165) is 0 Å². The Labute approximate surface area is 255 Å². The second-order valence-electron chi connectivity index (χ2n) is 9.80. The Balaban J connectivity index is 1.23. The van der Waals surface area contributed by atoms with Crippen molar-refractivity contribution in [1.29, 1.82) is 0 Å². The molecule has 4 aromatic heterocycles. The van der Waals surface area contributed by atoms with Gasteiger partial charge in [-0.05, 0) is 11.8 Å². The number of hydrogen-bond donors (Lipinski definition) is 5. The van der Waals surface area contributed by atoms with Crippen LogP contribution < -0.4 is 11.3 Å². The minimum Gasteiger partial charge on any atom is -0.385 e. The number of anilines is 1. The first-order chi connectivity index (χ1) is 21.0. The predicted octanol–water partition coefficient (Wildman–Crippen LogP) is -0.258. The molecular formula is C20H23N9O11P2S2. The van der Waals surface area contributed by atoms with Gasteiger partial charge in [-0.2, -0.15) is 5.10 Å². The molecule has 0 spiro atoms. The van der Waals surface area contributed by atoms with Crippen LogP contribution in [-0.4, -0.2) is 99.8 Å². The second-order valence-corrected chi connectivity index (χ2v) is 15.4. The van der Waals surface area contributed by atoms with E-state index in [0.29, 0.717) is 11.2 Å². The number of imidazole rings is 2. The first-order valence-electron chi connectivity index (χ1n) is 12.7. The first kappa shape index (κ1) is 30.2. The molecule has 0 aromatic carbocycles. The van der Waals surface area contributed by atoms with Crippen molar-refractivity contribution in [3.63, 3.8) is 0 Å². The lowest BCUT2D eigenvalue weighted by molar-refractivity contribution is -0.130. The van der Waals surface area contributed by atoms with Crippen LogP contribution in [0.15, 0.2) is 30.0 Å². The van der Waals surface area contributed by atoms with E-state index in [2.05, 4.69) is 42.4 Å². The van der Waals surface area contributed by atoms with Gasteiger partial charge in [-0.1, -0.05) is 12.2 Å². The van der Waals surface area contributed by atoms with E-state index in [4.69, 9.17) is 49.8 Å². The zero-order valence-electron chi connectivity index (χ0n) is 22.2. The number of ether oxygens (including phenoxy) is 3. The monoisotopic (exact) mass is 691 g/mol. The number of rotatable bonds is 3. The van der Waals surface area contributed by atoms with Crippen molar-refractivity contribution in [1.82, 2.24) is 39.3 Å². The van der Waals surface area contributed by atoms with Gasteiger partial charge in [0.05, 0.1) is 31.0 Å². The molecule has 3 aliphatic heterocycles. The number of methoxy groups -OCH3 is 1. The summed E-state index contributed by atoms with van der Waals surface area (Å²) in [5.74, 6) is 0.136. The average molecular weight is 692 g/mol. The first-order valence-corrected chi connectivity index (χ1v) is 18.0. The van der Waals surface area contributed by atoms with Crippen molar-refractivity contribution in [2.24, 2.45) is 0 Å². The number of aliphatic hydroxyl groups excluding tert-OH is 1. The van der Waals surface area contributed by atoms with Gasteiger partial charge in [0.1, 0.15) is 42.4 Å². The standard InChI is InChI=1S/C20H23N9O11P2S2/c1-34-14-12-8(36-19(14)29-6-25-10-15(21)22-4-23-16(10)29)3-35-41(32,43)39-13-11(30)20(40-42(33,44)38-12)37-18(13)28-5-24-9-7(28)2-26-27-17(9)31/h2,4-6,8,11-14,18-20,30H,3H2,1H3,(H,27,31)(H,32,43)(H,33,44)(H2,21,22,23)/t8-,11+,12-,13-,14-,18-,19-,20-,41?,42?/m1/s1. The summed E-state index contributed by atoms with van der Waals surface area (Å²) in [5.41, 5.74) is 6.16. The molecule has 236 valence electrons. The van der Waals surface area contributed by atoms with Gasteiger partial charge >= 0.3 is 13.5 Å². The fraction of sp³-hybridized carbons (Fsp3) is 0.500. The molecule has 2 bridgehead atoms. The lowest BCUT2D eigenvalue weighted by Crippen LogP contribution is -2.39. The number of nitrogens with one attached hydrogen (secondary N) is 1. The largest absolute Gasteiger partial charge is 0.388 e. The van der Waals surface area contributed by atoms with E-state index < -0.39 is 74.9 Å². The number of nitrogens with zero attached hydrogens (tertiary/aromatic N) is 7. The van der Waals surface area contributed by atoms with E-state index in [-0.39, 0.29) is 16.9 Å². The predicted molar refractivity (Wildman–Crippen MR) is 152 cm³/mol. The smallest absolute Gasteiger partial charge is 0.385 e. The van der Waals surface area contributed by atoms with Crippen LogP contribution in [0.25, 0.3) is 22.2 Å². The number of aliphatic hydroxyl groups is 1. The maximum atomic E-state index is 13.7. The van der Waals surface area contributed by atoms with Gasteiger partial charge < -0.3 is 34.5 Å². The van der Waals surface area contributed by atoms with E-state index in [1.807, 2.05) is 0 Å². The molecular weight excluding hydrogens is 668 g/mol. The van der Waals surface area contributed by atoms with Gasteiger partial charge in [-0.3, -0.25) is 27.5 Å². The fourth-order valence-corrected chi connectivity index (χ4v) is 8.36. The Morgan fingerprint density at radius 3 is 2.68 bits per heavy atom. The van der Waals surface area contributed by atoms with Crippen molar-refractivity contribution < 1.29 is 46.9 Å². The Kier molecular flexibility index (Phi) is 7.64. The van der Waals surface area contributed by atoms with Crippen LogP contribution in [-0.2, 0) is 48.7 Å². The summed E-state index contributed by atoms with van der Waals surface area (Å²) < 4.78 is 57.0. The van der Waals surface area contributed by atoms with Crippen molar-refractivity contribution >= 4 is 65.6 Å². The SMILES string of the molecule is CO[C@@H]1[C@@H]2OP(=O)(S)O[C@H]3O[C@@H](n4cnc5c(=O)[nH]ncc54)[C@H](OP(O)(=S)OC[C@H]2O[C@H]1n1cnc2c(N)ncnc21)[C@@H]3O. The molecule has 24 heteroatoms. The summed E-state index contributed by atoms with van der Waals surface area (Å²) in [6, 6.07) is 0. The van der Waals surface area contributed by atoms with Crippen LogP contribution in [0.3, 0.4) is 0 Å². The summed E-state index contributed by atoms with van der Waals surface area (Å²) in [5, 5.41) is 17.2. The van der Waals surface area contributed by atoms with Gasteiger partial charge in [-0.15, -0.1) is 0 Å². The van der Waals surface area contributed by atoms with Crippen molar-refractivity contribution in [2.75, 3.05) is 19.5 Å². The average Bonchev–Trinajstić information content (AvgIpc) is 3.73. The Morgan fingerprint density at radius 1 is 1.11 bits per heavy atom. The lowest BCUT2D eigenvalue weighted by atomic mass is 10.1. The molecule has 5 N–H and O–H groups in total. The van der Waals surface area contributed by atoms with Gasteiger partial charge in [0.25, 0.3) is 5.56 Å². The number of nitrogens with two attached hydrogens (primary N) is 1. The molecule has 3 aliphatic rings. The second kappa shape index (κ2) is 11.1. The summed E-state index contributed by atoms with van der Waals surface area (Å²) in [6.45, 7) is -9.01. The molecule has 0 radical (unpaired) electrons. The van der Waals surface area contributed by atoms with Gasteiger partial charge in [-0.25, -0.2) is 29.6 Å². The number of hydrogen-bond acceptors (Lipinski definition) is 17. The summed E-state index contributed by atoms with van der Waals surface area (Å²) in [4.78, 5) is 39.7. The zero-order chi connectivity index (χ0) is 31.0. The molecule has 10 atom stereocenters. The van der Waals surface area contributed by atoms with Crippen molar-refractivity contribution in [3.8, 4) is 0 Å². The number of fused-ring (bicyclic) bond motifs is 5. The quantitative estimate of drug-likeness (QED) is 0.137. The third-order valence-corrected chi connectivity index (χ3v) is 10.3. The van der Waals surface area contributed by atoms with E-state index in [1.54, 1.807) is 0 Å². The Bertz CT molecular complexity index is 1890. The number of aromatic nitrogens is 8. The molecule has 3 saturated heterocycles. The zero-order valence-corrected chi connectivity index (χ0v) is 25.7. The molecule has 0 amide bonds. The molecule has 2 unspecified atom stereocenters. The summed E-state index contributed by atoms with van der Waals surface area (Å²) in [6.07, 6.45) is -5.28. The maximum absolute atomic E-state index is 13.7. The summed E-state index contributed by atoms with van der Waals surface area (Å²) >= 11 is 9.40. The van der Waals surface area contributed by atoms with Crippen LogP contribution >= 0.6 is 25.8 Å². The minimum absolute atomic E-state index is 0.00645. The van der Waals surface area contributed by atoms with Gasteiger partial charge in [0, 0.05) is 7.11 Å². The van der Waals surface area contributed by atoms with Crippen LogP contribution in [0.5, 0.6) is 0 Å². The molecule has 0 saturated carbocycles.